The quantitative estimate of drug-likeness (QED) is 0.790. The van der Waals surface area contributed by atoms with Crippen molar-refractivity contribution >= 4 is 24.2 Å². The molecule has 0 atom stereocenters. The Morgan fingerprint density at radius 1 is 0.870 bits per heavy atom. The molecule has 0 heterocycles. The predicted molar refractivity (Wildman–Crippen MR) is 92.2 cm³/mol. The summed E-state index contributed by atoms with van der Waals surface area (Å²) in [5.74, 6) is -0.516. The minimum atomic E-state index is -0.381. The highest BCUT2D eigenvalue weighted by atomic mass is 35.5. The van der Waals surface area contributed by atoms with Gasteiger partial charge in [0.05, 0.1) is 13.0 Å². The zero-order valence-electron chi connectivity index (χ0n) is 12.7. The van der Waals surface area contributed by atoms with Crippen LogP contribution in [0.3, 0.4) is 0 Å². The number of carbonyl (C=O) groups is 2. The van der Waals surface area contributed by atoms with E-state index in [0.29, 0.717) is 0 Å². The normalized spacial score (nSPS) is 9.78. The highest BCUT2D eigenvalue weighted by molar-refractivity contribution is 5.85. The van der Waals surface area contributed by atoms with Gasteiger partial charge in [0.2, 0.25) is 0 Å². The van der Waals surface area contributed by atoms with E-state index in [0.717, 1.165) is 16.7 Å². The number of rotatable bonds is 7. The van der Waals surface area contributed by atoms with Crippen LogP contribution >= 0.6 is 12.4 Å². The molecule has 0 unspecified atom stereocenters. The first-order chi connectivity index (χ1) is 10.7. The third-order valence-electron chi connectivity index (χ3n) is 3.30. The van der Waals surface area contributed by atoms with Gasteiger partial charge in [-0.25, -0.2) is 0 Å². The smallest absolute Gasteiger partial charge is 0.306 e. The van der Waals surface area contributed by atoms with Gasteiger partial charge in [0.1, 0.15) is 12.4 Å². The second-order valence-electron chi connectivity index (χ2n) is 4.97. The summed E-state index contributed by atoms with van der Waals surface area (Å²) in [5.41, 5.74) is 8.36. The van der Waals surface area contributed by atoms with Gasteiger partial charge in [0, 0.05) is 6.42 Å². The van der Waals surface area contributed by atoms with Gasteiger partial charge in [-0.2, -0.15) is 0 Å². The number of Topliss-reactive ketones (excluding diaryl/α,β-unsaturated/α-hetero) is 1. The molecule has 0 amide bonds. The highest BCUT2D eigenvalue weighted by Gasteiger charge is 2.07. The van der Waals surface area contributed by atoms with Crippen LogP contribution in [0.15, 0.2) is 54.6 Å². The summed E-state index contributed by atoms with van der Waals surface area (Å²) in [6.07, 6.45) is 0.223. The third kappa shape index (κ3) is 6.22. The number of esters is 1. The lowest BCUT2D eigenvalue weighted by atomic mass is 10.0. The molecule has 2 aromatic carbocycles. The van der Waals surface area contributed by atoms with Crippen molar-refractivity contribution < 1.29 is 14.3 Å². The van der Waals surface area contributed by atoms with Crippen LogP contribution in [0, 0.1) is 0 Å². The Morgan fingerprint density at radius 2 is 1.48 bits per heavy atom. The molecule has 0 aliphatic heterocycles. The maximum Gasteiger partial charge on any atom is 0.306 e. The molecule has 0 radical (unpaired) electrons. The molecule has 0 aromatic heterocycles. The number of nitrogens with two attached hydrogens (primary N) is 1. The molecule has 0 aliphatic rings. The van der Waals surface area contributed by atoms with Crippen molar-refractivity contribution in [2.75, 3.05) is 6.54 Å². The second kappa shape index (κ2) is 9.77. The van der Waals surface area contributed by atoms with E-state index in [1.807, 2.05) is 54.6 Å². The molecule has 23 heavy (non-hydrogen) atoms. The average Bonchev–Trinajstić information content (AvgIpc) is 2.59. The van der Waals surface area contributed by atoms with Gasteiger partial charge in [-0.1, -0.05) is 54.6 Å². The summed E-state index contributed by atoms with van der Waals surface area (Å²) in [4.78, 5) is 22.5. The van der Waals surface area contributed by atoms with Gasteiger partial charge < -0.3 is 10.5 Å². The summed E-state index contributed by atoms with van der Waals surface area (Å²) in [7, 11) is 0. The maximum atomic E-state index is 11.5. The monoisotopic (exact) mass is 333 g/mol. The van der Waals surface area contributed by atoms with E-state index in [4.69, 9.17) is 10.5 Å². The Kier molecular flexibility index (Phi) is 8.02. The molecular formula is C18H20ClNO3. The van der Waals surface area contributed by atoms with Crippen LogP contribution in [0.4, 0.5) is 0 Å². The zero-order valence-corrected chi connectivity index (χ0v) is 13.6. The number of ether oxygens (including phenoxy) is 1. The first-order valence-corrected chi connectivity index (χ1v) is 7.21. The number of ketones is 1. The lowest BCUT2D eigenvalue weighted by molar-refractivity contribution is -0.146. The molecule has 0 saturated carbocycles. The van der Waals surface area contributed by atoms with Crippen molar-refractivity contribution in [3.05, 3.63) is 60.2 Å². The molecule has 2 rings (SSSR count). The minimum absolute atomic E-state index is 0. The average molecular weight is 334 g/mol. The second-order valence-corrected chi connectivity index (χ2v) is 4.97. The van der Waals surface area contributed by atoms with E-state index in [-0.39, 0.29) is 50.2 Å². The SMILES string of the molecule is Cl.NCC(=O)CCC(=O)OCc1ccc(-c2ccccc2)cc1. The maximum absolute atomic E-state index is 11.5. The molecule has 2 N–H and O–H groups in total. The number of hydrogen-bond acceptors (Lipinski definition) is 4. The summed E-state index contributed by atoms with van der Waals surface area (Å²) in [6, 6.07) is 17.9. The van der Waals surface area contributed by atoms with Crippen LogP contribution in [-0.4, -0.2) is 18.3 Å². The fraction of sp³-hybridized carbons (Fsp3) is 0.222. The van der Waals surface area contributed by atoms with Crippen molar-refractivity contribution in [1.82, 2.24) is 0 Å². The van der Waals surface area contributed by atoms with Gasteiger partial charge in [-0.3, -0.25) is 9.59 Å². The molecule has 0 spiro atoms. The molecule has 0 bridgehead atoms. The van der Waals surface area contributed by atoms with Crippen LogP contribution in [0.2, 0.25) is 0 Å². The molecule has 2 aromatic rings. The van der Waals surface area contributed by atoms with Crippen LogP contribution in [0.1, 0.15) is 18.4 Å². The van der Waals surface area contributed by atoms with Gasteiger partial charge in [0.25, 0.3) is 0 Å². The fourth-order valence-electron chi connectivity index (χ4n) is 2.00. The number of halogens is 1. The third-order valence-corrected chi connectivity index (χ3v) is 3.30. The standard InChI is InChI=1S/C18H19NO3.ClH/c19-12-17(20)10-11-18(21)22-13-14-6-8-16(9-7-14)15-4-2-1-3-5-15;/h1-9H,10-13,19H2;1H. The van der Waals surface area contributed by atoms with Crippen molar-refractivity contribution in [1.29, 1.82) is 0 Å². The van der Waals surface area contributed by atoms with E-state index in [2.05, 4.69) is 0 Å². The van der Waals surface area contributed by atoms with E-state index < -0.39 is 0 Å². The number of carbonyl (C=O) groups excluding carboxylic acids is 2. The van der Waals surface area contributed by atoms with Crippen LogP contribution < -0.4 is 5.73 Å². The molecule has 0 fully saturated rings. The lowest BCUT2D eigenvalue weighted by Gasteiger charge is -2.06. The number of hydrogen-bond donors (Lipinski definition) is 1. The zero-order chi connectivity index (χ0) is 15.8. The van der Waals surface area contributed by atoms with Crippen LogP contribution in [0.25, 0.3) is 11.1 Å². The number of benzene rings is 2. The van der Waals surface area contributed by atoms with E-state index in [1.54, 1.807) is 0 Å². The highest BCUT2D eigenvalue weighted by Crippen LogP contribution is 2.19. The summed E-state index contributed by atoms with van der Waals surface area (Å²) >= 11 is 0. The predicted octanol–water partition coefficient (Wildman–Crippen LogP) is 3.13. The molecule has 0 saturated heterocycles. The summed E-state index contributed by atoms with van der Waals surface area (Å²) in [5, 5.41) is 0. The van der Waals surface area contributed by atoms with E-state index >= 15 is 0 Å². The van der Waals surface area contributed by atoms with Crippen molar-refractivity contribution in [2.45, 2.75) is 19.4 Å². The minimum Gasteiger partial charge on any atom is -0.461 e. The molecule has 5 heteroatoms. The van der Waals surface area contributed by atoms with Crippen LogP contribution in [-0.2, 0) is 20.9 Å². The van der Waals surface area contributed by atoms with E-state index in [1.165, 1.54) is 0 Å². The topological polar surface area (TPSA) is 69.4 Å². The Hall–Kier alpha value is -2.17. The summed E-state index contributed by atoms with van der Waals surface area (Å²) < 4.78 is 5.14. The Morgan fingerprint density at radius 3 is 2.09 bits per heavy atom. The summed E-state index contributed by atoms with van der Waals surface area (Å²) in [6.45, 7) is 0.180. The van der Waals surface area contributed by atoms with Gasteiger partial charge in [-0.15, -0.1) is 12.4 Å². The van der Waals surface area contributed by atoms with Gasteiger partial charge in [-0.05, 0) is 16.7 Å². The van der Waals surface area contributed by atoms with E-state index in [9.17, 15) is 9.59 Å². The lowest BCUT2D eigenvalue weighted by Crippen LogP contribution is -2.15. The van der Waals surface area contributed by atoms with Crippen molar-refractivity contribution in [3.8, 4) is 11.1 Å². The molecule has 4 nitrogen and oxygen atoms in total. The Labute approximate surface area is 142 Å². The van der Waals surface area contributed by atoms with Crippen LogP contribution in [0.5, 0.6) is 0 Å². The largest absolute Gasteiger partial charge is 0.461 e. The molecule has 0 aliphatic carbocycles. The Bertz CT molecular complexity index is 626. The first-order valence-electron chi connectivity index (χ1n) is 7.21. The first kappa shape index (κ1) is 18.9. The fourth-order valence-corrected chi connectivity index (χ4v) is 2.00. The van der Waals surface area contributed by atoms with Crippen molar-refractivity contribution in [2.24, 2.45) is 5.73 Å². The Balaban J connectivity index is 0.00000264. The van der Waals surface area contributed by atoms with Gasteiger partial charge >= 0.3 is 5.97 Å². The molecular weight excluding hydrogens is 314 g/mol. The van der Waals surface area contributed by atoms with Gasteiger partial charge in [0.15, 0.2) is 0 Å². The van der Waals surface area contributed by atoms with Crippen molar-refractivity contribution in [3.63, 3.8) is 0 Å². The molecule has 122 valence electrons.